The van der Waals surface area contributed by atoms with Gasteiger partial charge in [-0.1, -0.05) is 35.3 Å². The maximum Gasteiger partial charge on any atom is 0.244 e. The van der Waals surface area contributed by atoms with Gasteiger partial charge in [0.15, 0.2) is 0 Å². The molecule has 44 heavy (non-hydrogen) atoms. The van der Waals surface area contributed by atoms with Crippen molar-refractivity contribution in [2.24, 2.45) is 0 Å². The number of tetrazole rings is 1. The Morgan fingerprint density at radius 3 is 2.66 bits per heavy atom. The number of nitrogens with one attached hydrogen (secondary N) is 3. The van der Waals surface area contributed by atoms with Crippen LogP contribution in [0.15, 0.2) is 67.3 Å². The fourth-order valence-corrected chi connectivity index (χ4v) is 4.55. The van der Waals surface area contributed by atoms with Crippen LogP contribution in [0.25, 0.3) is 23.0 Å². The molecule has 2 aromatic carbocycles. The first kappa shape index (κ1) is 30.0. The Morgan fingerprint density at radius 1 is 1.14 bits per heavy atom. The Morgan fingerprint density at radius 2 is 1.95 bits per heavy atom. The number of aromatic nitrogens is 8. The number of H-pyrrole nitrogens is 1. The number of carbonyl (C=O) groups is 2. The zero-order valence-electron chi connectivity index (χ0n) is 23.1. The van der Waals surface area contributed by atoms with E-state index >= 15 is 0 Å². The molecule has 5 rings (SSSR count). The van der Waals surface area contributed by atoms with Gasteiger partial charge in [-0.15, -0.1) is 5.10 Å². The SMILES string of the molecule is Cc1cnc(CNC(=O)C[C@H](NC(=O)/C=C/c2cc(Cl)ccc2-n2cnnn2)c2nc(-c3ccc(C#N)cc3)c(Cl)[nH]2)cn1. The predicted octanol–water partition coefficient (Wildman–Crippen LogP) is 3.91. The van der Waals surface area contributed by atoms with Crippen LogP contribution in [0.3, 0.4) is 0 Å². The molecular weight excluding hydrogens is 605 g/mol. The summed E-state index contributed by atoms with van der Waals surface area (Å²) in [6.45, 7) is 1.97. The summed E-state index contributed by atoms with van der Waals surface area (Å²) in [5, 5.41) is 26.6. The minimum Gasteiger partial charge on any atom is -0.350 e. The molecule has 3 aromatic heterocycles. The van der Waals surface area contributed by atoms with Gasteiger partial charge in [0.25, 0.3) is 0 Å². The highest BCUT2D eigenvalue weighted by atomic mass is 35.5. The Labute approximate surface area is 261 Å². The van der Waals surface area contributed by atoms with Gasteiger partial charge in [0.1, 0.15) is 23.0 Å². The summed E-state index contributed by atoms with van der Waals surface area (Å²) in [4.78, 5) is 42.2. The van der Waals surface area contributed by atoms with Crippen LogP contribution in [0.1, 0.15) is 40.8 Å². The number of aromatic amines is 1. The molecule has 1 atom stereocenters. The number of hydrogen-bond acceptors (Lipinski definition) is 9. The maximum absolute atomic E-state index is 13.2. The standard InChI is InChI=1S/C29H23Cl2N11O2/c1-17-13-34-22(14-33-17)15-35-26(44)11-23(29-38-27(28(31)39-29)19-4-2-18(12-32)3-5-19)37-25(43)9-6-20-10-21(30)7-8-24(20)42-16-36-40-41-42/h2-10,13-14,16,23H,11,15H2,1H3,(H,35,44)(H,37,43)(H,38,39)/b9-6+/t23-/m0/s1. The molecule has 0 bridgehead atoms. The highest BCUT2D eigenvalue weighted by Crippen LogP contribution is 2.29. The average Bonchev–Trinajstić information content (AvgIpc) is 3.70. The van der Waals surface area contributed by atoms with Gasteiger partial charge in [-0.2, -0.15) is 9.94 Å². The van der Waals surface area contributed by atoms with E-state index in [4.69, 9.17) is 28.5 Å². The first-order chi connectivity index (χ1) is 21.3. The minimum atomic E-state index is -0.890. The van der Waals surface area contributed by atoms with E-state index in [9.17, 15) is 9.59 Å². The van der Waals surface area contributed by atoms with Crippen LogP contribution in [-0.2, 0) is 16.1 Å². The van der Waals surface area contributed by atoms with Crippen molar-refractivity contribution in [2.75, 3.05) is 0 Å². The first-order valence-corrected chi connectivity index (χ1v) is 13.9. The van der Waals surface area contributed by atoms with Gasteiger partial charge in [0, 0.05) is 28.4 Å². The lowest BCUT2D eigenvalue weighted by molar-refractivity contribution is -0.122. The molecule has 3 N–H and O–H groups in total. The summed E-state index contributed by atoms with van der Waals surface area (Å²) >= 11 is 12.7. The fourth-order valence-electron chi connectivity index (χ4n) is 4.13. The molecule has 2 amide bonds. The number of benzene rings is 2. The summed E-state index contributed by atoms with van der Waals surface area (Å²) in [7, 11) is 0. The third-order valence-corrected chi connectivity index (χ3v) is 6.81. The van der Waals surface area contributed by atoms with Crippen molar-refractivity contribution in [3.63, 3.8) is 0 Å². The van der Waals surface area contributed by atoms with E-state index in [1.807, 2.05) is 6.92 Å². The van der Waals surface area contributed by atoms with Crippen LogP contribution in [0.2, 0.25) is 10.2 Å². The van der Waals surface area contributed by atoms with Crippen molar-refractivity contribution < 1.29 is 9.59 Å². The van der Waals surface area contributed by atoms with Crippen molar-refractivity contribution in [1.29, 1.82) is 5.26 Å². The predicted molar refractivity (Wildman–Crippen MR) is 161 cm³/mol. The second kappa shape index (κ2) is 13.7. The number of nitrogens with zero attached hydrogens (tertiary/aromatic N) is 8. The Kier molecular flexibility index (Phi) is 9.34. The largest absolute Gasteiger partial charge is 0.350 e. The lowest BCUT2D eigenvalue weighted by atomic mass is 10.1. The van der Waals surface area contributed by atoms with E-state index in [0.29, 0.717) is 38.8 Å². The molecule has 0 aliphatic rings. The quantitative estimate of drug-likeness (QED) is 0.193. The lowest BCUT2D eigenvalue weighted by Gasteiger charge is -2.16. The first-order valence-electron chi connectivity index (χ1n) is 13.1. The number of rotatable bonds is 10. The number of aryl methyl sites for hydroxylation is 1. The second-order valence-corrected chi connectivity index (χ2v) is 10.3. The van der Waals surface area contributed by atoms with Gasteiger partial charge in [-0.05, 0) is 53.8 Å². The monoisotopic (exact) mass is 627 g/mol. The van der Waals surface area contributed by atoms with Crippen LogP contribution in [0.5, 0.6) is 0 Å². The van der Waals surface area contributed by atoms with E-state index in [-0.39, 0.29) is 29.9 Å². The van der Waals surface area contributed by atoms with E-state index in [1.54, 1.807) is 60.9 Å². The topological polar surface area (TPSA) is 180 Å². The molecule has 15 heteroatoms. The lowest BCUT2D eigenvalue weighted by Crippen LogP contribution is -2.33. The van der Waals surface area contributed by atoms with Crippen LogP contribution in [0.4, 0.5) is 0 Å². The van der Waals surface area contributed by atoms with Crippen LogP contribution < -0.4 is 10.6 Å². The van der Waals surface area contributed by atoms with Crippen molar-refractivity contribution in [2.45, 2.75) is 25.9 Å². The van der Waals surface area contributed by atoms with Gasteiger partial charge >= 0.3 is 0 Å². The third kappa shape index (κ3) is 7.49. The van der Waals surface area contributed by atoms with Gasteiger partial charge in [0.2, 0.25) is 11.8 Å². The van der Waals surface area contributed by atoms with E-state index in [2.05, 4.69) is 52.2 Å². The number of halogens is 2. The summed E-state index contributed by atoms with van der Waals surface area (Å²) in [6.07, 6.45) is 7.31. The Balaban J connectivity index is 1.37. The molecule has 0 fully saturated rings. The molecular formula is C29H23Cl2N11O2. The second-order valence-electron chi connectivity index (χ2n) is 9.46. The molecule has 220 valence electrons. The number of nitriles is 1. The van der Waals surface area contributed by atoms with E-state index < -0.39 is 11.9 Å². The molecule has 0 spiro atoms. The zero-order chi connectivity index (χ0) is 31.1. The van der Waals surface area contributed by atoms with E-state index in [1.165, 1.54) is 17.1 Å². The summed E-state index contributed by atoms with van der Waals surface area (Å²) in [5.41, 5.74) is 4.06. The number of hydrogen-bond donors (Lipinski definition) is 3. The van der Waals surface area contributed by atoms with Gasteiger partial charge in [0.05, 0.1) is 53.9 Å². The van der Waals surface area contributed by atoms with Crippen molar-refractivity contribution in [3.05, 3.63) is 106 Å². The summed E-state index contributed by atoms with van der Waals surface area (Å²) in [6, 6.07) is 12.9. The smallest absolute Gasteiger partial charge is 0.244 e. The van der Waals surface area contributed by atoms with Crippen LogP contribution in [-0.4, -0.2) is 52.0 Å². The number of carbonyl (C=O) groups excluding carboxylic acids is 2. The Hall–Kier alpha value is -5.45. The molecule has 0 radical (unpaired) electrons. The van der Waals surface area contributed by atoms with Crippen molar-refractivity contribution in [1.82, 2.24) is 50.8 Å². The molecule has 5 aromatic rings. The minimum absolute atomic E-state index is 0.150. The van der Waals surface area contributed by atoms with Gasteiger partial charge in [-0.3, -0.25) is 19.6 Å². The Bertz CT molecular complexity index is 1850. The average molecular weight is 628 g/mol. The molecule has 0 aliphatic carbocycles. The molecule has 13 nitrogen and oxygen atoms in total. The van der Waals surface area contributed by atoms with Crippen LogP contribution >= 0.6 is 23.2 Å². The summed E-state index contributed by atoms with van der Waals surface area (Å²) < 4.78 is 1.44. The maximum atomic E-state index is 13.2. The van der Waals surface area contributed by atoms with Gasteiger partial charge in [-0.25, -0.2) is 4.98 Å². The molecule has 0 unspecified atom stereocenters. The highest BCUT2D eigenvalue weighted by molar-refractivity contribution is 6.32. The molecule has 0 aliphatic heterocycles. The highest BCUT2D eigenvalue weighted by Gasteiger charge is 2.23. The normalized spacial score (nSPS) is 11.7. The zero-order valence-corrected chi connectivity index (χ0v) is 24.6. The number of imidazole rings is 1. The molecule has 0 saturated heterocycles. The van der Waals surface area contributed by atoms with Crippen LogP contribution in [0, 0.1) is 18.3 Å². The van der Waals surface area contributed by atoms with Gasteiger partial charge < -0.3 is 15.6 Å². The third-order valence-electron chi connectivity index (χ3n) is 6.30. The van der Waals surface area contributed by atoms with Crippen molar-refractivity contribution >= 4 is 41.1 Å². The molecule has 0 saturated carbocycles. The summed E-state index contributed by atoms with van der Waals surface area (Å²) in [5.74, 6) is -0.620. The molecule has 3 heterocycles. The van der Waals surface area contributed by atoms with Crippen molar-refractivity contribution in [3.8, 4) is 23.0 Å². The fraction of sp³-hybridized carbons (Fsp3) is 0.138. The number of amides is 2. The van der Waals surface area contributed by atoms with E-state index in [0.717, 1.165) is 5.69 Å².